The van der Waals surface area contributed by atoms with Crippen molar-refractivity contribution in [3.8, 4) is 0 Å². The number of rotatable bonds is 5. The van der Waals surface area contributed by atoms with E-state index in [0.717, 1.165) is 57.9 Å². The zero-order valence-electron chi connectivity index (χ0n) is 12.5. The van der Waals surface area contributed by atoms with E-state index in [0.29, 0.717) is 18.4 Å². The Balaban J connectivity index is 1.49. The summed E-state index contributed by atoms with van der Waals surface area (Å²) in [5.74, 6) is 2.03. The quantitative estimate of drug-likeness (QED) is 0.865. The van der Waals surface area contributed by atoms with Gasteiger partial charge in [-0.2, -0.15) is 0 Å². The van der Waals surface area contributed by atoms with Crippen LogP contribution in [-0.4, -0.2) is 49.5 Å². The molecule has 21 heavy (non-hydrogen) atoms. The average molecular weight is 291 g/mol. The molecule has 1 atom stereocenters. The van der Waals surface area contributed by atoms with Gasteiger partial charge in [-0.05, 0) is 37.3 Å². The van der Waals surface area contributed by atoms with Gasteiger partial charge >= 0.3 is 0 Å². The van der Waals surface area contributed by atoms with Gasteiger partial charge in [-0.25, -0.2) is 4.98 Å². The molecule has 0 bridgehead atoms. The van der Waals surface area contributed by atoms with Crippen molar-refractivity contribution in [3.63, 3.8) is 0 Å². The van der Waals surface area contributed by atoms with E-state index >= 15 is 0 Å². The van der Waals surface area contributed by atoms with Gasteiger partial charge in [0.25, 0.3) is 0 Å². The van der Waals surface area contributed by atoms with Gasteiger partial charge < -0.3 is 20.1 Å². The SMILES string of the molecule is OCC1CCN(c2ccc(NC[C@H]3CCOC3)nc2)CC1. The van der Waals surface area contributed by atoms with E-state index < -0.39 is 0 Å². The fourth-order valence-electron chi connectivity index (χ4n) is 3.04. The van der Waals surface area contributed by atoms with E-state index in [1.807, 2.05) is 6.20 Å². The number of aromatic nitrogens is 1. The number of hydrogen-bond donors (Lipinski definition) is 2. The molecule has 2 saturated heterocycles. The molecule has 2 N–H and O–H groups in total. The van der Waals surface area contributed by atoms with Crippen molar-refractivity contribution >= 4 is 11.5 Å². The Morgan fingerprint density at radius 2 is 2.10 bits per heavy atom. The first kappa shape index (κ1) is 14.6. The molecule has 2 aliphatic rings. The third kappa shape index (κ3) is 3.86. The lowest BCUT2D eigenvalue weighted by atomic mass is 9.98. The zero-order chi connectivity index (χ0) is 14.5. The van der Waals surface area contributed by atoms with Gasteiger partial charge in [0.05, 0.1) is 18.5 Å². The van der Waals surface area contributed by atoms with Crippen LogP contribution in [0.5, 0.6) is 0 Å². The summed E-state index contributed by atoms with van der Waals surface area (Å²) in [6, 6.07) is 4.20. The van der Waals surface area contributed by atoms with Crippen molar-refractivity contribution < 1.29 is 9.84 Å². The Labute approximate surface area is 126 Å². The lowest BCUT2D eigenvalue weighted by molar-refractivity contribution is 0.187. The summed E-state index contributed by atoms with van der Waals surface area (Å²) >= 11 is 0. The maximum atomic E-state index is 9.19. The van der Waals surface area contributed by atoms with E-state index in [9.17, 15) is 5.11 Å². The van der Waals surface area contributed by atoms with Gasteiger partial charge in [-0.3, -0.25) is 0 Å². The second-order valence-electron chi connectivity index (χ2n) is 6.13. The molecule has 0 spiro atoms. The van der Waals surface area contributed by atoms with Crippen LogP contribution in [0.15, 0.2) is 18.3 Å². The van der Waals surface area contributed by atoms with Gasteiger partial charge in [0.15, 0.2) is 0 Å². The number of aliphatic hydroxyl groups is 1. The third-order valence-corrected chi connectivity index (χ3v) is 4.58. The minimum absolute atomic E-state index is 0.319. The monoisotopic (exact) mass is 291 g/mol. The largest absolute Gasteiger partial charge is 0.396 e. The van der Waals surface area contributed by atoms with E-state index in [1.165, 1.54) is 5.69 Å². The van der Waals surface area contributed by atoms with Crippen molar-refractivity contribution in [2.75, 3.05) is 49.7 Å². The van der Waals surface area contributed by atoms with Crippen molar-refractivity contribution in [1.82, 2.24) is 4.98 Å². The molecular formula is C16H25N3O2. The topological polar surface area (TPSA) is 57.6 Å². The fourth-order valence-corrected chi connectivity index (χ4v) is 3.04. The molecule has 0 saturated carbocycles. The molecule has 2 aliphatic heterocycles. The van der Waals surface area contributed by atoms with Gasteiger partial charge in [-0.1, -0.05) is 0 Å². The second-order valence-corrected chi connectivity index (χ2v) is 6.13. The molecule has 0 aliphatic carbocycles. The summed E-state index contributed by atoms with van der Waals surface area (Å²) in [4.78, 5) is 6.87. The number of anilines is 2. The first-order valence-corrected chi connectivity index (χ1v) is 7.98. The predicted octanol–water partition coefficient (Wildman–Crippen LogP) is 1.74. The minimum atomic E-state index is 0.319. The van der Waals surface area contributed by atoms with Gasteiger partial charge in [-0.15, -0.1) is 0 Å². The first-order chi connectivity index (χ1) is 10.3. The molecule has 1 aromatic rings. The highest BCUT2D eigenvalue weighted by molar-refractivity contribution is 5.49. The van der Waals surface area contributed by atoms with Gasteiger partial charge in [0, 0.05) is 38.8 Å². The Morgan fingerprint density at radius 3 is 2.71 bits per heavy atom. The van der Waals surface area contributed by atoms with Crippen LogP contribution >= 0.6 is 0 Å². The molecule has 0 aromatic carbocycles. The van der Waals surface area contributed by atoms with Crippen LogP contribution < -0.4 is 10.2 Å². The van der Waals surface area contributed by atoms with Crippen LogP contribution in [0.4, 0.5) is 11.5 Å². The summed E-state index contributed by atoms with van der Waals surface area (Å²) in [6.45, 7) is 5.04. The number of ether oxygens (including phenoxy) is 1. The molecule has 5 nitrogen and oxygen atoms in total. The Morgan fingerprint density at radius 1 is 1.24 bits per heavy atom. The maximum absolute atomic E-state index is 9.19. The molecule has 1 aromatic heterocycles. The van der Waals surface area contributed by atoms with Crippen molar-refractivity contribution in [1.29, 1.82) is 0 Å². The van der Waals surface area contributed by atoms with E-state index in [4.69, 9.17) is 4.74 Å². The van der Waals surface area contributed by atoms with Crippen molar-refractivity contribution in [2.24, 2.45) is 11.8 Å². The molecular weight excluding hydrogens is 266 g/mol. The fraction of sp³-hybridized carbons (Fsp3) is 0.688. The van der Waals surface area contributed by atoms with Crippen LogP contribution in [0.25, 0.3) is 0 Å². The predicted molar refractivity (Wildman–Crippen MR) is 83.7 cm³/mol. The highest BCUT2D eigenvalue weighted by atomic mass is 16.5. The maximum Gasteiger partial charge on any atom is 0.126 e. The lowest BCUT2D eigenvalue weighted by Gasteiger charge is -2.32. The molecule has 3 heterocycles. The Hall–Kier alpha value is -1.33. The van der Waals surface area contributed by atoms with Crippen molar-refractivity contribution in [3.05, 3.63) is 18.3 Å². The summed E-state index contributed by atoms with van der Waals surface area (Å²) in [5.41, 5.74) is 1.18. The Kier molecular flexibility index (Phi) is 4.93. The number of hydrogen-bond acceptors (Lipinski definition) is 5. The summed E-state index contributed by atoms with van der Waals surface area (Å²) in [5, 5.41) is 12.6. The van der Waals surface area contributed by atoms with Crippen LogP contribution in [0.2, 0.25) is 0 Å². The molecule has 116 valence electrons. The minimum Gasteiger partial charge on any atom is -0.396 e. The van der Waals surface area contributed by atoms with Gasteiger partial charge in [0.2, 0.25) is 0 Å². The zero-order valence-corrected chi connectivity index (χ0v) is 12.5. The smallest absolute Gasteiger partial charge is 0.126 e. The molecule has 2 fully saturated rings. The Bertz CT molecular complexity index is 424. The number of aliphatic hydroxyl groups excluding tert-OH is 1. The van der Waals surface area contributed by atoms with E-state index in [1.54, 1.807) is 0 Å². The summed E-state index contributed by atoms with van der Waals surface area (Å²) in [6.07, 6.45) is 5.23. The highest BCUT2D eigenvalue weighted by Crippen LogP contribution is 2.23. The average Bonchev–Trinajstić information content (AvgIpc) is 3.07. The van der Waals surface area contributed by atoms with Crippen LogP contribution in [0.3, 0.4) is 0 Å². The van der Waals surface area contributed by atoms with Crippen LogP contribution in [0.1, 0.15) is 19.3 Å². The van der Waals surface area contributed by atoms with Crippen LogP contribution in [-0.2, 0) is 4.74 Å². The number of piperidine rings is 1. The lowest BCUT2D eigenvalue weighted by Crippen LogP contribution is -2.34. The molecule has 0 amide bonds. The molecule has 0 unspecified atom stereocenters. The summed E-state index contributed by atoms with van der Waals surface area (Å²) < 4.78 is 5.38. The van der Waals surface area contributed by atoms with Crippen LogP contribution in [0, 0.1) is 11.8 Å². The number of nitrogens with one attached hydrogen (secondary N) is 1. The second kappa shape index (κ2) is 7.09. The highest BCUT2D eigenvalue weighted by Gasteiger charge is 2.19. The molecule has 3 rings (SSSR count). The number of pyridine rings is 1. The molecule has 0 radical (unpaired) electrons. The third-order valence-electron chi connectivity index (χ3n) is 4.58. The first-order valence-electron chi connectivity index (χ1n) is 7.98. The van der Waals surface area contributed by atoms with Crippen molar-refractivity contribution in [2.45, 2.75) is 19.3 Å². The number of nitrogens with zero attached hydrogens (tertiary/aromatic N) is 2. The molecule has 5 heteroatoms. The normalized spacial score (nSPS) is 23.5. The van der Waals surface area contributed by atoms with E-state index in [-0.39, 0.29) is 0 Å². The standard InChI is InChI=1S/C16H25N3O2/c20-11-13-3-6-19(7-4-13)15-1-2-16(18-10-15)17-9-14-5-8-21-12-14/h1-2,10,13-14,20H,3-9,11-12H2,(H,17,18)/t14-/m1/s1. The summed E-state index contributed by atoms with van der Waals surface area (Å²) in [7, 11) is 0. The van der Waals surface area contributed by atoms with Gasteiger partial charge in [0.1, 0.15) is 5.82 Å². The van der Waals surface area contributed by atoms with E-state index in [2.05, 4.69) is 27.3 Å².